The molecule has 0 spiro atoms. The maximum absolute atomic E-state index is 13.1. The highest BCUT2D eigenvalue weighted by Crippen LogP contribution is 2.23. The quantitative estimate of drug-likeness (QED) is 0.0217. The second-order valence-corrected chi connectivity index (χ2v) is 17.9. The van der Waals surface area contributed by atoms with Gasteiger partial charge in [-0.3, -0.25) is 4.79 Å². The molecule has 11 heteroatoms. The molecular formula is C51H95NO10. The third-order valence-electron chi connectivity index (χ3n) is 12.1. The summed E-state index contributed by atoms with van der Waals surface area (Å²) < 4.78 is 11.1. The molecule has 1 aliphatic rings. The van der Waals surface area contributed by atoms with Gasteiger partial charge in [-0.1, -0.05) is 172 Å². The van der Waals surface area contributed by atoms with Crippen LogP contribution in [0.5, 0.6) is 0 Å². The number of hydrogen-bond acceptors (Lipinski definition) is 10. The Hall–Kier alpha value is -1.67. The molecule has 8 N–H and O–H groups in total. The van der Waals surface area contributed by atoms with Crippen molar-refractivity contribution in [2.45, 2.75) is 268 Å². The maximum atomic E-state index is 13.1. The minimum absolute atomic E-state index is 0.220. The lowest BCUT2D eigenvalue weighted by atomic mass is 9.98. The summed E-state index contributed by atoms with van der Waals surface area (Å²) in [7, 11) is 0. The lowest BCUT2D eigenvalue weighted by Gasteiger charge is -2.40. The van der Waals surface area contributed by atoms with Gasteiger partial charge >= 0.3 is 0 Å². The summed E-state index contributed by atoms with van der Waals surface area (Å²) in [4.78, 5) is 13.1. The van der Waals surface area contributed by atoms with Gasteiger partial charge in [0.15, 0.2) is 6.29 Å². The number of amides is 1. The molecule has 0 saturated carbocycles. The van der Waals surface area contributed by atoms with E-state index in [1.54, 1.807) is 0 Å². The van der Waals surface area contributed by atoms with Crippen molar-refractivity contribution in [3.05, 3.63) is 36.5 Å². The van der Waals surface area contributed by atoms with Crippen LogP contribution in [0.4, 0.5) is 0 Å². The topological polar surface area (TPSA) is 189 Å². The van der Waals surface area contributed by atoms with Crippen molar-refractivity contribution in [2.24, 2.45) is 0 Å². The fourth-order valence-electron chi connectivity index (χ4n) is 7.92. The zero-order valence-corrected chi connectivity index (χ0v) is 39.4. The molecule has 1 aliphatic heterocycles. The zero-order chi connectivity index (χ0) is 45.5. The van der Waals surface area contributed by atoms with Crippen LogP contribution in [0.15, 0.2) is 36.5 Å². The summed E-state index contributed by atoms with van der Waals surface area (Å²) in [5.41, 5.74) is 0. The van der Waals surface area contributed by atoms with Crippen LogP contribution in [0.1, 0.15) is 213 Å². The Morgan fingerprint density at radius 1 is 0.548 bits per heavy atom. The summed E-state index contributed by atoms with van der Waals surface area (Å²) in [6, 6.07) is -1.20. The molecule has 1 heterocycles. The first-order valence-corrected chi connectivity index (χ1v) is 25.4. The summed E-state index contributed by atoms with van der Waals surface area (Å²) in [6.45, 7) is 3.40. The first kappa shape index (κ1) is 58.3. The van der Waals surface area contributed by atoms with E-state index in [0.29, 0.717) is 19.3 Å². The summed E-state index contributed by atoms with van der Waals surface area (Å²) in [5.74, 6) is -0.728. The van der Waals surface area contributed by atoms with E-state index in [0.717, 1.165) is 38.5 Å². The van der Waals surface area contributed by atoms with E-state index in [-0.39, 0.29) is 12.8 Å². The van der Waals surface area contributed by atoms with Gasteiger partial charge in [0, 0.05) is 0 Å². The number of allylic oxidation sites excluding steroid dienone is 6. The van der Waals surface area contributed by atoms with Crippen LogP contribution in [-0.2, 0) is 14.3 Å². The van der Waals surface area contributed by atoms with Crippen LogP contribution in [-0.4, -0.2) is 110 Å². The number of aliphatic hydroxyl groups excluding tert-OH is 7. The second-order valence-electron chi connectivity index (χ2n) is 17.9. The van der Waals surface area contributed by atoms with Crippen molar-refractivity contribution < 1.29 is 50.0 Å². The minimum Gasteiger partial charge on any atom is -0.394 e. The van der Waals surface area contributed by atoms with Gasteiger partial charge in [0.1, 0.15) is 36.6 Å². The predicted molar refractivity (Wildman–Crippen MR) is 252 cm³/mol. The van der Waals surface area contributed by atoms with Crippen LogP contribution in [0.2, 0.25) is 0 Å². The highest BCUT2D eigenvalue weighted by molar-refractivity contribution is 5.80. The molecule has 1 saturated heterocycles. The number of unbranched alkanes of at least 4 members (excludes halogenated alkanes) is 24. The molecule has 0 aliphatic carbocycles. The van der Waals surface area contributed by atoms with E-state index in [2.05, 4.69) is 55.6 Å². The van der Waals surface area contributed by atoms with Gasteiger partial charge in [-0.15, -0.1) is 0 Å². The molecule has 0 aromatic rings. The second kappa shape index (κ2) is 40.8. The molecule has 9 unspecified atom stereocenters. The fourth-order valence-corrected chi connectivity index (χ4v) is 7.92. The standard InChI is InChI=1S/C51H95NO10/c1-3-5-7-9-11-13-15-17-18-19-20-21-22-23-24-25-26-27-29-30-32-34-36-38-43(54)46(56)42(41-61-51-49(59)48(58)47(57)45(40-53)62-51)52-50(60)44(55)39-37-35-33-31-28-16-14-12-10-8-6-4-2/h25-26,28,30-32,42-49,51,53-59H,3-24,27,29,33-41H2,1-2H3,(H,52,60)/b26-25+,31-28-,32-30+. The van der Waals surface area contributed by atoms with Crippen molar-refractivity contribution in [1.29, 1.82) is 0 Å². The minimum atomic E-state index is -1.67. The number of carbonyl (C=O) groups excluding carboxylic acids is 1. The Labute approximate surface area is 377 Å². The van der Waals surface area contributed by atoms with Crippen molar-refractivity contribution in [1.82, 2.24) is 5.32 Å². The summed E-state index contributed by atoms with van der Waals surface area (Å²) in [6.07, 6.45) is 36.4. The van der Waals surface area contributed by atoms with E-state index < -0.39 is 74.2 Å². The average Bonchev–Trinajstić information content (AvgIpc) is 3.27. The highest BCUT2D eigenvalue weighted by Gasteiger charge is 2.44. The van der Waals surface area contributed by atoms with Gasteiger partial charge in [-0.05, 0) is 77.0 Å². The van der Waals surface area contributed by atoms with Gasteiger partial charge in [-0.2, -0.15) is 0 Å². The van der Waals surface area contributed by atoms with Gasteiger partial charge < -0.3 is 50.5 Å². The molecule has 0 aromatic carbocycles. The van der Waals surface area contributed by atoms with E-state index in [4.69, 9.17) is 9.47 Å². The Bertz CT molecular complexity index is 1100. The normalized spacial score (nSPS) is 21.6. The number of nitrogens with one attached hydrogen (secondary N) is 1. The maximum Gasteiger partial charge on any atom is 0.249 e. The van der Waals surface area contributed by atoms with E-state index in [1.165, 1.54) is 128 Å². The van der Waals surface area contributed by atoms with Crippen LogP contribution in [0, 0.1) is 0 Å². The molecule has 0 aromatic heterocycles. The average molecular weight is 882 g/mol. The molecule has 0 radical (unpaired) electrons. The monoisotopic (exact) mass is 882 g/mol. The van der Waals surface area contributed by atoms with Gasteiger partial charge in [0.25, 0.3) is 0 Å². The fraction of sp³-hybridized carbons (Fsp3) is 0.863. The Morgan fingerprint density at radius 3 is 1.44 bits per heavy atom. The first-order valence-electron chi connectivity index (χ1n) is 25.4. The lowest BCUT2D eigenvalue weighted by molar-refractivity contribution is -0.303. The third-order valence-corrected chi connectivity index (χ3v) is 12.1. The molecule has 1 amide bonds. The van der Waals surface area contributed by atoms with Crippen LogP contribution >= 0.6 is 0 Å². The number of ether oxygens (including phenoxy) is 2. The molecule has 0 bridgehead atoms. The number of hydrogen-bond donors (Lipinski definition) is 8. The van der Waals surface area contributed by atoms with E-state index in [9.17, 15) is 40.5 Å². The molecule has 11 nitrogen and oxygen atoms in total. The number of carbonyl (C=O) groups is 1. The predicted octanol–water partition coefficient (Wildman–Crippen LogP) is 9.17. The lowest BCUT2D eigenvalue weighted by Crippen LogP contribution is -2.60. The van der Waals surface area contributed by atoms with Crippen molar-refractivity contribution in [3.8, 4) is 0 Å². The van der Waals surface area contributed by atoms with E-state index in [1.807, 2.05) is 0 Å². The molecular weight excluding hydrogens is 787 g/mol. The van der Waals surface area contributed by atoms with Crippen molar-refractivity contribution in [2.75, 3.05) is 13.2 Å². The van der Waals surface area contributed by atoms with E-state index >= 15 is 0 Å². The first-order chi connectivity index (χ1) is 30.2. The van der Waals surface area contributed by atoms with Gasteiger partial charge in [0.05, 0.1) is 25.4 Å². The summed E-state index contributed by atoms with van der Waals surface area (Å²) >= 11 is 0. The SMILES string of the molecule is CCCCCCCC/C=C\CCCCC(O)C(=O)NC(COC1OC(CO)C(O)C(O)C1O)C(O)C(O)CCC/C=C/CC/C=C/CCCCCCCCCCCCCCCC. The van der Waals surface area contributed by atoms with Crippen molar-refractivity contribution >= 4 is 5.91 Å². The third kappa shape index (κ3) is 29.7. The molecule has 1 rings (SSSR count). The largest absolute Gasteiger partial charge is 0.394 e. The van der Waals surface area contributed by atoms with Gasteiger partial charge in [0.2, 0.25) is 5.91 Å². The molecule has 1 fully saturated rings. The number of rotatable bonds is 42. The van der Waals surface area contributed by atoms with Crippen molar-refractivity contribution in [3.63, 3.8) is 0 Å². The molecule has 62 heavy (non-hydrogen) atoms. The number of aliphatic hydroxyl groups is 7. The smallest absolute Gasteiger partial charge is 0.249 e. The Balaban J connectivity index is 2.41. The molecule has 364 valence electrons. The van der Waals surface area contributed by atoms with Crippen LogP contribution in [0.3, 0.4) is 0 Å². The highest BCUT2D eigenvalue weighted by atomic mass is 16.7. The summed E-state index contributed by atoms with van der Waals surface area (Å²) in [5, 5.41) is 75.7. The Morgan fingerprint density at radius 2 is 0.968 bits per heavy atom. The van der Waals surface area contributed by atoms with Crippen LogP contribution < -0.4 is 5.32 Å². The van der Waals surface area contributed by atoms with Gasteiger partial charge in [-0.25, -0.2) is 0 Å². The zero-order valence-electron chi connectivity index (χ0n) is 39.4. The van der Waals surface area contributed by atoms with Crippen LogP contribution in [0.25, 0.3) is 0 Å². The Kier molecular flexibility index (Phi) is 38.4. The molecule has 9 atom stereocenters.